The smallest absolute Gasteiger partial charge is 0.131 e. The highest BCUT2D eigenvalue weighted by atomic mass is 32.1. The number of aromatic nitrogens is 2. The molecule has 2 aromatic heterocycles. The zero-order chi connectivity index (χ0) is 18.1. The molecule has 134 valence electrons. The highest BCUT2D eigenvalue weighted by Gasteiger charge is 2.19. The average Bonchev–Trinajstić information content (AvgIpc) is 3.09. The van der Waals surface area contributed by atoms with Gasteiger partial charge < -0.3 is 0 Å². The van der Waals surface area contributed by atoms with Gasteiger partial charge in [-0.1, -0.05) is 43.7 Å². The highest BCUT2D eigenvalue weighted by Crippen LogP contribution is 2.30. The Hall–Kier alpha value is -2.04. The molecule has 0 atom stereocenters. The summed E-state index contributed by atoms with van der Waals surface area (Å²) in [5, 5.41) is 0. The summed E-state index contributed by atoms with van der Waals surface area (Å²) in [6, 6.07) is 13.3. The molecule has 0 fully saturated rings. The van der Waals surface area contributed by atoms with Gasteiger partial charge in [0.1, 0.15) is 5.82 Å². The highest BCUT2D eigenvalue weighted by molar-refractivity contribution is 7.15. The van der Waals surface area contributed by atoms with E-state index in [0.717, 1.165) is 31.9 Å². The van der Waals surface area contributed by atoms with Crippen molar-refractivity contribution >= 4 is 11.3 Å². The molecule has 0 aliphatic carbocycles. The number of hydrogen-bond acceptors (Lipinski definition) is 4. The van der Waals surface area contributed by atoms with Gasteiger partial charge in [0.05, 0.1) is 0 Å². The third-order valence-corrected chi connectivity index (χ3v) is 6.01. The van der Waals surface area contributed by atoms with Gasteiger partial charge in [0.2, 0.25) is 0 Å². The molecular formula is C22H25N3S. The molecule has 0 saturated heterocycles. The first-order valence-electron chi connectivity index (χ1n) is 9.31. The standard InChI is InChI=1S/C22H25N3S/c1-15(2)22-23-12-18-13-25(10-9-20(18)24-22)14-19-7-8-21(26-19)17-6-4-5-16(3)11-17/h4-8,11-12,15H,9-10,13-14H2,1-3H3. The van der Waals surface area contributed by atoms with E-state index in [9.17, 15) is 0 Å². The van der Waals surface area contributed by atoms with Crippen LogP contribution in [-0.2, 0) is 19.5 Å². The predicted molar refractivity (Wildman–Crippen MR) is 108 cm³/mol. The van der Waals surface area contributed by atoms with Crippen molar-refractivity contribution in [1.29, 1.82) is 0 Å². The van der Waals surface area contributed by atoms with Crippen molar-refractivity contribution in [2.24, 2.45) is 0 Å². The maximum Gasteiger partial charge on any atom is 0.131 e. The summed E-state index contributed by atoms with van der Waals surface area (Å²) in [4.78, 5) is 14.6. The summed E-state index contributed by atoms with van der Waals surface area (Å²) < 4.78 is 0. The van der Waals surface area contributed by atoms with E-state index in [1.54, 1.807) is 0 Å². The van der Waals surface area contributed by atoms with Gasteiger partial charge in [-0.05, 0) is 24.6 Å². The Bertz CT molecular complexity index is 913. The van der Waals surface area contributed by atoms with Crippen LogP contribution < -0.4 is 0 Å². The number of thiophene rings is 1. The number of aryl methyl sites for hydroxylation is 1. The van der Waals surface area contributed by atoms with E-state index in [2.05, 4.69) is 67.1 Å². The summed E-state index contributed by atoms with van der Waals surface area (Å²) in [6.45, 7) is 9.47. The molecule has 0 radical (unpaired) electrons. The Balaban J connectivity index is 1.46. The average molecular weight is 364 g/mol. The lowest BCUT2D eigenvalue weighted by atomic mass is 10.1. The van der Waals surface area contributed by atoms with E-state index < -0.39 is 0 Å². The van der Waals surface area contributed by atoms with Gasteiger partial charge in [0.25, 0.3) is 0 Å². The number of benzene rings is 1. The van der Waals surface area contributed by atoms with E-state index >= 15 is 0 Å². The molecule has 0 spiro atoms. The zero-order valence-corrected chi connectivity index (χ0v) is 16.5. The third-order valence-electron chi connectivity index (χ3n) is 4.89. The topological polar surface area (TPSA) is 29.0 Å². The molecule has 1 aromatic carbocycles. The minimum Gasteiger partial charge on any atom is -0.293 e. The Morgan fingerprint density at radius 2 is 2.08 bits per heavy atom. The van der Waals surface area contributed by atoms with Crippen LogP contribution in [0.4, 0.5) is 0 Å². The Morgan fingerprint density at radius 3 is 2.88 bits per heavy atom. The van der Waals surface area contributed by atoms with E-state index in [4.69, 9.17) is 4.98 Å². The Morgan fingerprint density at radius 1 is 1.19 bits per heavy atom. The molecule has 0 amide bonds. The van der Waals surface area contributed by atoms with Gasteiger partial charge in [0, 0.05) is 59.2 Å². The number of nitrogens with zero attached hydrogens (tertiary/aromatic N) is 3. The van der Waals surface area contributed by atoms with Gasteiger partial charge >= 0.3 is 0 Å². The van der Waals surface area contributed by atoms with Crippen molar-refractivity contribution in [1.82, 2.24) is 14.9 Å². The summed E-state index contributed by atoms with van der Waals surface area (Å²) in [6.07, 6.45) is 3.06. The maximum absolute atomic E-state index is 4.77. The lowest BCUT2D eigenvalue weighted by molar-refractivity contribution is 0.244. The second kappa shape index (κ2) is 7.29. The van der Waals surface area contributed by atoms with Gasteiger partial charge in [-0.2, -0.15) is 0 Å². The number of rotatable bonds is 4. The predicted octanol–water partition coefficient (Wildman–Crippen LogP) is 5.20. The molecule has 4 rings (SSSR count). The van der Waals surface area contributed by atoms with E-state index in [1.165, 1.54) is 32.1 Å². The van der Waals surface area contributed by atoms with Crippen LogP contribution in [-0.4, -0.2) is 21.4 Å². The minimum absolute atomic E-state index is 0.393. The van der Waals surface area contributed by atoms with Crippen LogP contribution in [0.3, 0.4) is 0 Å². The van der Waals surface area contributed by atoms with Gasteiger partial charge in [0.15, 0.2) is 0 Å². The molecule has 1 aliphatic rings. The maximum atomic E-state index is 4.77. The fourth-order valence-corrected chi connectivity index (χ4v) is 4.49. The number of fused-ring (bicyclic) bond motifs is 1. The Kier molecular flexibility index (Phi) is 4.88. The third kappa shape index (κ3) is 3.71. The second-order valence-electron chi connectivity index (χ2n) is 7.45. The fraction of sp³-hybridized carbons (Fsp3) is 0.364. The molecule has 3 aromatic rings. The Labute approximate surface area is 159 Å². The molecule has 3 heterocycles. The summed E-state index contributed by atoms with van der Waals surface area (Å²) in [7, 11) is 0. The molecule has 4 heteroatoms. The van der Waals surface area contributed by atoms with E-state index in [-0.39, 0.29) is 0 Å². The van der Waals surface area contributed by atoms with E-state index in [0.29, 0.717) is 5.92 Å². The van der Waals surface area contributed by atoms with Crippen LogP contribution >= 0.6 is 11.3 Å². The van der Waals surface area contributed by atoms with Crippen LogP contribution in [0.25, 0.3) is 10.4 Å². The van der Waals surface area contributed by atoms with Crippen LogP contribution in [0.5, 0.6) is 0 Å². The minimum atomic E-state index is 0.393. The molecule has 0 bridgehead atoms. The molecular weight excluding hydrogens is 338 g/mol. The normalized spacial score (nSPS) is 14.6. The summed E-state index contributed by atoms with van der Waals surface area (Å²) in [5.74, 6) is 1.36. The summed E-state index contributed by atoms with van der Waals surface area (Å²) in [5.41, 5.74) is 5.16. The van der Waals surface area contributed by atoms with Crippen molar-refractivity contribution in [3.63, 3.8) is 0 Å². The van der Waals surface area contributed by atoms with Crippen molar-refractivity contribution in [2.75, 3.05) is 6.54 Å². The lowest BCUT2D eigenvalue weighted by Crippen LogP contribution is -2.30. The molecule has 0 N–H and O–H groups in total. The van der Waals surface area contributed by atoms with Gasteiger partial charge in [-0.25, -0.2) is 9.97 Å². The van der Waals surface area contributed by atoms with Crippen LogP contribution in [0, 0.1) is 6.92 Å². The largest absolute Gasteiger partial charge is 0.293 e. The molecule has 0 unspecified atom stereocenters. The lowest BCUT2D eigenvalue weighted by Gasteiger charge is -2.27. The monoisotopic (exact) mass is 363 g/mol. The van der Waals surface area contributed by atoms with Gasteiger partial charge in [-0.15, -0.1) is 11.3 Å². The van der Waals surface area contributed by atoms with Crippen molar-refractivity contribution in [3.05, 3.63) is 70.1 Å². The van der Waals surface area contributed by atoms with E-state index in [1.807, 2.05) is 17.5 Å². The molecule has 0 saturated carbocycles. The zero-order valence-electron chi connectivity index (χ0n) is 15.7. The second-order valence-corrected chi connectivity index (χ2v) is 8.62. The van der Waals surface area contributed by atoms with Crippen LogP contribution in [0.15, 0.2) is 42.6 Å². The van der Waals surface area contributed by atoms with Crippen molar-refractivity contribution < 1.29 is 0 Å². The van der Waals surface area contributed by atoms with Gasteiger partial charge in [-0.3, -0.25) is 4.90 Å². The van der Waals surface area contributed by atoms with Crippen LogP contribution in [0.2, 0.25) is 0 Å². The molecule has 1 aliphatic heterocycles. The van der Waals surface area contributed by atoms with Crippen molar-refractivity contribution in [2.45, 2.75) is 46.2 Å². The SMILES string of the molecule is Cc1cccc(-c2ccc(CN3CCc4nc(C(C)C)ncc4C3)s2)c1. The fourth-order valence-electron chi connectivity index (χ4n) is 3.44. The molecule has 26 heavy (non-hydrogen) atoms. The first-order valence-corrected chi connectivity index (χ1v) is 10.1. The number of hydrogen-bond donors (Lipinski definition) is 0. The quantitative estimate of drug-likeness (QED) is 0.638. The van der Waals surface area contributed by atoms with Crippen molar-refractivity contribution in [3.8, 4) is 10.4 Å². The summed E-state index contributed by atoms with van der Waals surface area (Å²) >= 11 is 1.90. The van der Waals surface area contributed by atoms with Crippen LogP contribution in [0.1, 0.15) is 47.3 Å². The first kappa shape index (κ1) is 17.4. The molecule has 3 nitrogen and oxygen atoms in total. The first-order chi connectivity index (χ1) is 12.6.